The average molecular weight is 354 g/mol. The fraction of sp³-hybridized carbons (Fsp3) is 0. The molecule has 0 saturated heterocycles. The van der Waals surface area contributed by atoms with E-state index in [1.807, 2.05) is 30.3 Å². The molecule has 0 radical (unpaired) electrons. The molecule has 0 fully saturated rings. The fourth-order valence-electron chi connectivity index (χ4n) is 2.91. The van der Waals surface area contributed by atoms with Gasteiger partial charge in [-0.15, -0.1) is 0 Å². The molecule has 1 aromatic heterocycles. The minimum Gasteiger partial charge on any atom is -0.289 e. The number of aromatic nitrogens is 1. The van der Waals surface area contributed by atoms with Crippen LogP contribution >= 0.6 is 0 Å². The monoisotopic (exact) mass is 354 g/mol. The average Bonchev–Trinajstić information content (AvgIpc) is 2.98. The summed E-state index contributed by atoms with van der Waals surface area (Å²) in [6, 6.07) is 19.1. The van der Waals surface area contributed by atoms with Crippen LogP contribution in [0.3, 0.4) is 0 Å². The molecule has 0 N–H and O–H groups in total. The van der Waals surface area contributed by atoms with Gasteiger partial charge in [0.15, 0.2) is 5.78 Å². The van der Waals surface area contributed by atoms with Gasteiger partial charge in [-0.05, 0) is 48.0 Å². The number of amides is 2. The van der Waals surface area contributed by atoms with Crippen molar-refractivity contribution in [3.63, 3.8) is 0 Å². The molecule has 1 aliphatic heterocycles. The minimum absolute atomic E-state index is 0.147. The number of benzene rings is 2. The van der Waals surface area contributed by atoms with Gasteiger partial charge in [-0.2, -0.15) is 0 Å². The van der Waals surface area contributed by atoms with E-state index in [0.29, 0.717) is 11.3 Å². The van der Waals surface area contributed by atoms with Gasteiger partial charge < -0.3 is 0 Å². The second-order valence-corrected chi connectivity index (χ2v) is 6.00. The topological polar surface area (TPSA) is 67.3 Å². The molecule has 2 aromatic carbocycles. The second-order valence-electron chi connectivity index (χ2n) is 6.00. The molecule has 27 heavy (non-hydrogen) atoms. The van der Waals surface area contributed by atoms with Crippen LogP contribution in [0.25, 0.3) is 6.08 Å². The Morgan fingerprint density at radius 2 is 1.59 bits per heavy atom. The van der Waals surface area contributed by atoms with Crippen LogP contribution in [0.4, 0.5) is 5.69 Å². The Hall–Kier alpha value is -3.86. The highest BCUT2D eigenvalue weighted by molar-refractivity contribution is 6.33. The first-order chi connectivity index (χ1) is 13.1. The molecule has 1 aliphatic rings. The number of nitrogens with zero attached hydrogens (tertiary/aromatic N) is 2. The van der Waals surface area contributed by atoms with Crippen molar-refractivity contribution in [3.05, 3.63) is 101 Å². The number of allylic oxidation sites excluding steroid dienone is 1. The van der Waals surface area contributed by atoms with E-state index in [9.17, 15) is 14.4 Å². The maximum Gasteiger partial charge on any atom is 0.284 e. The first-order valence-corrected chi connectivity index (χ1v) is 8.36. The molecule has 0 unspecified atom stereocenters. The number of pyridine rings is 1. The fourth-order valence-corrected chi connectivity index (χ4v) is 2.91. The Labute approximate surface area is 155 Å². The third-order valence-corrected chi connectivity index (χ3v) is 4.28. The lowest BCUT2D eigenvalue weighted by Gasteiger charge is -2.13. The van der Waals surface area contributed by atoms with Gasteiger partial charge in [0.1, 0.15) is 5.69 Å². The lowest BCUT2D eigenvalue weighted by Crippen LogP contribution is -2.29. The van der Waals surface area contributed by atoms with Crippen LogP contribution in [0.5, 0.6) is 0 Å². The maximum absolute atomic E-state index is 12.5. The van der Waals surface area contributed by atoms with Crippen LogP contribution in [-0.4, -0.2) is 22.6 Å². The van der Waals surface area contributed by atoms with Crippen LogP contribution in [0.2, 0.25) is 0 Å². The highest BCUT2D eigenvalue weighted by atomic mass is 16.2. The van der Waals surface area contributed by atoms with Crippen LogP contribution in [0.15, 0.2) is 79.0 Å². The normalized spacial score (nSPS) is 13.3. The Bertz CT molecular complexity index is 1040. The number of carbonyl (C=O) groups is 3. The van der Waals surface area contributed by atoms with Gasteiger partial charge in [-0.3, -0.25) is 19.4 Å². The first kappa shape index (κ1) is 16.6. The summed E-state index contributed by atoms with van der Waals surface area (Å²) in [6.07, 6.45) is 4.72. The SMILES string of the molecule is O=C(/C=C/c1ccccc1)c1ccc(N2C(=O)c3cccnc3C2=O)cc1. The van der Waals surface area contributed by atoms with Crippen LogP contribution < -0.4 is 4.90 Å². The lowest BCUT2D eigenvalue weighted by molar-refractivity contribution is 0.0924. The molecule has 0 saturated carbocycles. The van der Waals surface area contributed by atoms with Gasteiger partial charge in [0.05, 0.1) is 11.3 Å². The van der Waals surface area contributed by atoms with Crippen molar-refractivity contribution in [2.45, 2.75) is 0 Å². The van der Waals surface area contributed by atoms with Crippen molar-refractivity contribution in [1.29, 1.82) is 0 Å². The Kier molecular flexibility index (Phi) is 4.18. The molecule has 3 aromatic rings. The van der Waals surface area contributed by atoms with Crippen molar-refractivity contribution in [3.8, 4) is 0 Å². The maximum atomic E-state index is 12.5. The number of hydrogen-bond donors (Lipinski definition) is 0. The summed E-state index contributed by atoms with van der Waals surface area (Å²) < 4.78 is 0. The van der Waals surface area contributed by atoms with Gasteiger partial charge in [-0.1, -0.05) is 36.4 Å². The predicted molar refractivity (Wildman–Crippen MR) is 102 cm³/mol. The number of carbonyl (C=O) groups excluding carboxylic acids is 3. The second kappa shape index (κ2) is 6.80. The highest BCUT2D eigenvalue weighted by Gasteiger charge is 2.37. The van der Waals surface area contributed by atoms with E-state index in [-0.39, 0.29) is 17.0 Å². The van der Waals surface area contributed by atoms with Crippen LogP contribution in [-0.2, 0) is 0 Å². The summed E-state index contributed by atoms with van der Waals surface area (Å²) in [6.45, 7) is 0. The molecule has 2 heterocycles. The zero-order valence-electron chi connectivity index (χ0n) is 14.2. The van der Waals surface area contributed by atoms with Crippen LogP contribution in [0.1, 0.15) is 36.8 Å². The first-order valence-electron chi connectivity index (χ1n) is 8.36. The van der Waals surface area contributed by atoms with Gasteiger partial charge in [0.25, 0.3) is 11.8 Å². The van der Waals surface area contributed by atoms with Crippen molar-refractivity contribution in [2.75, 3.05) is 4.90 Å². The van der Waals surface area contributed by atoms with E-state index in [4.69, 9.17) is 0 Å². The summed E-state index contributed by atoms with van der Waals surface area (Å²) in [5.74, 6) is -1.03. The van der Waals surface area contributed by atoms with E-state index in [2.05, 4.69) is 4.98 Å². The smallest absolute Gasteiger partial charge is 0.284 e. The molecule has 0 spiro atoms. The molecular formula is C22H14N2O3. The van der Waals surface area contributed by atoms with E-state index in [1.54, 1.807) is 42.5 Å². The van der Waals surface area contributed by atoms with E-state index >= 15 is 0 Å². The summed E-state index contributed by atoms with van der Waals surface area (Å²) in [7, 11) is 0. The number of ketones is 1. The largest absolute Gasteiger partial charge is 0.289 e. The molecule has 4 rings (SSSR count). The molecule has 130 valence electrons. The molecule has 2 amide bonds. The number of imide groups is 1. The Balaban J connectivity index is 1.55. The lowest BCUT2D eigenvalue weighted by atomic mass is 10.1. The highest BCUT2D eigenvalue weighted by Crippen LogP contribution is 2.27. The Morgan fingerprint density at radius 1 is 0.852 bits per heavy atom. The van der Waals surface area contributed by atoms with Gasteiger partial charge in [-0.25, -0.2) is 4.90 Å². The summed E-state index contributed by atoms with van der Waals surface area (Å²) in [5.41, 5.74) is 2.25. The molecular weight excluding hydrogens is 340 g/mol. The number of anilines is 1. The molecule has 0 aliphatic carbocycles. The number of fused-ring (bicyclic) bond motifs is 1. The van der Waals surface area contributed by atoms with Gasteiger partial charge in [0.2, 0.25) is 0 Å². The van der Waals surface area contributed by atoms with E-state index in [0.717, 1.165) is 10.5 Å². The minimum atomic E-state index is -0.460. The number of hydrogen-bond acceptors (Lipinski definition) is 4. The summed E-state index contributed by atoms with van der Waals surface area (Å²) >= 11 is 0. The molecule has 0 bridgehead atoms. The zero-order valence-corrected chi connectivity index (χ0v) is 14.2. The van der Waals surface area contributed by atoms with E-state index < -0.39 is 11.8 Å². The molecule has 0 atom stereocenters. The van der Waals surface area contributed by atoms with Crippen molar-refractivity contribution in [2.24, 2.45) is 0 Å². The molecule has 5 nitrogen and oxygen atoms in total. The van der Waals surface area contributed by atoms with Crippen molar-refractivity contribution in [1.82, 2.24) is 4.98 Å². The standard InChI is InChI=1S/C22H14N2O3/c25-19(13-8-15-5-2-1-3-6-15)16-9-11-17(12-10-16)24-21(26)18-7-4-14-23-20(18)22(24)27/h1-14H/b13-8+. The van der Waals surface area contributed by atoms with Crippen molar-refractivity contribution < 1.29 is 14.4 Å². The number of rotatable bonds is 4. The molecule has 5 heteroatoms. The van der Waals surface area contributed by atoms with E-state index in [1.165, 1.54) is 12.3 Å². The zero-order chi connectivity index (χ0) is 18.8. The van der Waals surface area contributed by atoms with Gasteiger partial charge in [0, 0.05) is 11.8 Å². The predicted octanol–water partition coefficient (Wildman–Crippen LogP) is 3.78. The third-order valence-electron chi connectivity index (χ3n) is 4.28. The summed E-state index contributed by atoms with van der Waals surface area (Å²) in [5, 5.41) is 0. The summed E-state index contributed by atoms with van der Waals surface area (Å²) in [4.78, 5) is 42.3. The van der Waals surface area contributed by atoms with Crippen molar-refractivity contribution >= 4 is 29.4 Å². The third kappa shape index (κ3) is 3.06. The quantitative estimate of drug-likeness (QED) is 0.406. The van der Waals surface area contributed by atoms with Gasteiger partial charge >= 0.3 is 0 Å². The van der Waals surface area contributed by atoms with Crippen LogP contribution in [0, 0.1) is 0 Å². The Morgan fingerprint density at radius 3 is 2.30 bits per heavy atom.